The zero-order chi connectivity index (χ0) is 24.2. The van der Waals surface area contributed by atoms with Crippen LogP contribution in [-0.4, -0.2) is 73.5 Å². The van der Waals surface area contributed by atoms with Crippen molar-refractivity contribution in [2.24, 2.45) is 0 Å². The predicted octanol–water partition coefficient (Wildman–Crippen LogP) is 3.39. The Morgan fingerprint density at radius 3 is 2.59 bits per heavy atom. The molecule has 0 saturated carbocycles. The molecule has 2 aromatic carbocycles. The zero-order valence-electron chi connectivity index (χ0n) is 20.2. The molecule has 2 aromatic heterocycles. The third-order valence-electron chi connectivity index (χ3n) is 5.64. The number of nitrogens with two attached hydrogens (primary N) is 1. The lowest BCUT2D eigenvalue weighted by Crippen LogP contribution is -2.29. The van der Waals surface area contributed by atoms with Crippen molar-refractivity contribution in [1.82, 2.24) is 25.1 Å². The maximum absolute atomic E-state index is 6.41. The van der Waals surface area contributed by atoms with E-state index in [1.54, 1.807) is 13.3 Å². The van der Waals surface area contributed by atoms with E-state index < -0.39 is 0 Å². The number of nitrogens with zero attached hydrogens (tertiary/aromatic N) is 5. The van der Waals surface area contributed by atoms with Crippen LogP contribution in [0.1, 0.15) is 0 Å². The second-order valence-corrected chi connectivity index (χ2v) is 8.28. The van der Waals surface area contributed by atoms with Crippen molar-refractivity contribution in [1.29, 1.82) is 0 Å². The third-order valence-corrected chi connectivity index (χ3v) is 5.64. The lowest BCUT2D eigenvalue weighted by molar-refractivity contribution is 0.413. The van der Waals surface area contributed by atoms with Gasteiger partial charge in [0.05, 0.1) is 41.6 Å². The highest BCUT2D eigenvalue weighted by Crippen LogP contribution is 2.37. The molecule has 0 aliphatic carbocycles. The smallest absolute Gasteiger partial charge is 0.228 e. The summed E-state index contributed by atoms with van der Waals surface area (Å²) in [6.45, 7) is 1.75. The molecule has 0 aliphatic heterocycles. The largest absolute Gasteiger partial charge is 0.494 e. The molecule has 0 radical (unpaired) electrons. The van der Waals surface area contributed by atoms with Gasteiger partial charge in [0.15, 0.2) is 0 Å². The molecule has 0 unspecified atom stereocenters. The van der Waals surface area contributed by atoms with Crippen molar-refractivity contribution in [3.63, 3.8) is 0 Å². The molecular formula is C24H31N9O. The topological polar surface area (TPSA) is 120 Å². The quantitative estimate of drug-likeness (QED) is 0.278. The van der Waals surface area contributed by atoms with Crippen molar-refractivity contribution in [2.75, 3.05) is 69.7 Å². The van der Waals surface area contributed by atoms with Gasteiger partial charge in [-0.05, 0) is 26.2 Å². The molecule has 0 atom stereocenters. The molecule has 10 heteroatoms. The van der Waals surface area contributed by atoms with Crippen molar-refractivity contribution in [3.05, 3.63) is 42.6 Å². The Bertz CT molecular complexity index is 1280. The summed E-state index contributed by atoms with van der Waals surface area (Å²) in [6.07, 6.45) is 1.73. The lowest BCUT2D eigenvalue weighted by atomic mass is 10.1. The summed E-state index contributed by atoms with van der Waals surface area (Å²) >= 11 is 0. The number of benzene rings is 2. The molecule has 5 N–H and O–H groups in total. The average Bonchev–Trinajstić information content (AvgIpc) is 3.26. The monoisotopic (exact) mass is 461 g/mol. The molecule has 4 rings (SSSR count). The van der Waals surface area contributed by atoms with Gasteiger partial charge in [0.25, 0.3) is 0 Å². The van der Waals surface area contributed by atoms with Crippen LogP contribution in [0.15, 0.2) is 42.6 Å². The normalized spacial score (nSPS) is 11.1. The molecule has 0 saturated heterocycles. The summed E-state index contributed by atoms with van der Waals surface area (Å²) in [6, 6.07) is 11.7. The number of hydrogen-bond donors (Lipinski definition) is 4. The van der Waals surface area contributed by atoms with Crippen LogP contribution in [-0.2, 0) is 0 Å². The molecule has 0 amide bonds. The fraction of sp³-hybridized carbons (Fsp3) is 0.292. The number of aromatic amines is 1. The summed E-state index contributed by atoms with van der Waals surface area (Å²) in [5.41, 5.74) is 11.8. The van der Waals surface area contributed by atoms with E-state index in [9.17, 15) is 0 Å². The molecule has 0 aliphatic rings. The van der Waals surface area contributed by atoms with Gasteiger partial charge in [0, 0.05) is 38.6 Å². The van der Waals surface area contributed by atoms with Gasteiger partial charge in [-0.15, -0.1) is 0 Å². The Balaban J connectivity index is 1.67. The SMILES string of the molecule is CNc1cnc(Nc2cc(N)c(N(C)CCN(C)C)cc2OC)nc1-c1n[nH]c2ccccc12. The highest BCUT2D eigenvalue weighted by atomic mass is 16.5. The van der Waals surface area contributed by atoms with E-state index in [-0.39, 0.29) is 0 Å². The summed E-state index contributed by atoms with van der Waals surface area (Å²) in [4.78, 5) is 13.5. The second kappa shape index (κ2) is 9.84. The Morgan fingerprint density at radius 1 is 1.06 bits per heavy atom. The molecule has 4 aromatic rings. The fourth-order valence-corrected chi connectivity index (χ4v) is 3.72. The van der Waals surface area contributed by atoms with Gasteiger partial charge in [-0.25, -0.2) is 9.97 Å². The van der Waals surface area contributed by atoms with Gasteiger partial charge in [0.2, 0.25) is 5.95 Å². The number of nitrogen functional groups attached to an aromatic ring is 1. The molecule has 0 bridgehead atoms. The number of hydrogen-bond acceptors (Lipinski definition) is 9. The summed E-state index contributed by atoms with van der Waals surface area (Å²) in [5.74, 6) is 1.06. The van der Waals surface area contributed by atoms with Gasteiger partial charge < -0.3 is 30.9 Å². The number of fused-ring (bicyclic) bond motifs is 1. The first-order chi connectivity index (χ1) is 16.4. The molecule has 0 fully saturated rings. The third kappa shape index (κ3) is 4.67. The first-order valence-corrected chi connectivity index (χ1v) is 11.0. The minimum atomic E-state index is 0.410. The standard InChI is InChI=1S/C24H31N9O/c1-26-19-14-27-24(29-23(19)22-15-8-6-7-9-17(15)30-31-22)28-18-12-16(25)20(13-21(18)34-5)33(4)11-10-32(2)3/h6-9,12-14,26H,10-11,25H2,1-5H3,(H,30,31)(H,27,28,29). The first-order valence-electron chi connectivity index (χ1n) is 11.0. The Kier molecular flexibility index (Phi) is 6.69. The van der Waals surface area contributed by atoms with Crippen LogP contribution in [0.25, 0.3) is 22.3 Å². The second-order valence-electron chi connectivity index (χ2n) is 8.28. The van der Waals surface area contributed by atoms with Crippen molar-refractivity contribution >= 4 is 39.6 Å². The van der Waals surface area contributed by atoms with Crippen LogP contribution in [0.2, 0.25) is 0 Å². The average molecular weight is 462 g/mol. The molecule has 34 heavy (non-hydrogen) atoms. The lowest BCUT2D eigenvalue weighted by Gasteiger charge is -2.24. The van der Waals surface area contributed by atoms with Crippen LogP contribution in [0.4, 0.5) is 28.7 Å². The highest BCUT2D eigenvalue weighted by Gasteiger charge is 2.17. The van der Waals surface area contributed by atoms with Gasteiger partial charge in [-0.3, -0.25) is 5.10 Å². The molecular weight excluding hydrogens is 430 g/mol. The van der Waals surface area contributed by atoms with Crippen LogP contribution in [0, 0.1) is 0 Å². The van der Waals surface area contributed by atoms with Crippen molar-refractivity contribution in [3.8, 4) is 17.1 Å². The maximum atomic E-state index is 6.41. The van der Waals surface area contributed by atoms with E-state index in [4.69, 9.17) is 15.5 Å². The predicted molar refractivity (Wildman–Crippen MR) is 139 cm³/mol. The molecule has 10 nitrogen and oxygen atoms in total. The summed E-state index contributed by atoms with van der Waals surface area (Å²) in [7, 11) is 9.57. The summed E-state index contributed by atoms with van der Waals surface area (Å²) in [5, 5.41) is 15.0. The Hall–Kier alpha value is -4.05. The molecule has 178 valence electrons. The molecule has 0 spiro atoms. The number of anilines is 5. The molecule has 2 heterocycles. The van der Waals surface area contributed by atoms with E-state index in [2.05, 4.69) is 35.6 Å². The van der Waals surface area contributed by atoms with Crippen LogP contribution in [0.5, 0.6) is 5.75 Å². The first kappa shape index (κ1) is 23.1. The van der Waals surface area contributed by atoms with E-state index >= 15 is 0 Å². The number of H-pyrrole nitrogens is 1. The number of likely N-dealkylation sites (N-methyl/N-ethyl adjacent to an activating group) is 2. The van der Waals surface area contributed by atoms with E-state index in [0.717, 1.165) is 41.1 Å². The van der Waals surface area contributed by atoms with E-state index in [0.29, 0.717) is 28.8 Å². The number of rotatable bonds is 9. The van der Waals surface area contributed by atoms with Crippen LogP contribution in [0.3, 0.4) is 0 Å². The minimum Gasteiger partial charge on any atom is -0.494 e. The van der Waals surface area contributed by atoms with E-state index in [1.165, 1.54) is 0 Å². The number of nitrogens with one attached hydrogen (secondary N) is 3. The number of para-hydroxylation sites is 1. The minimum absolute atomic E-state index is 0.410. The van der Waals surface area contributed by atoms with Crippen molar-refractivity contribution < 1.29 is 4.74 Å². The van der Waals surface area contributed by atoms with Crippen LogP contribution >= 0.6 is 0 Å². The summed E-state index contributed by atoms with van der Waals surface area (Å²) < 4.78 is 5.65. The Labute approximate surface area is 199 Å². The number of methoxy groups -OCH3 is 1. The fourth-order valence-electron chi connectivity index (χ4n) is 3.72. The number of ether oxygens (including phenoxy) is 1. The van der Waals surface area contributed by atoms with Gasteiger partial charge >= 0.3 is 0 Å². The van der Waals surface area contributed by atoms with Gasteiger partial charge in [0.1, 0.15) is 17.1 Å². The van der Waals surface area contributed by atoms with Crippen LogP contribution < -0.4 is 26.0 Å². The van der Waals surface area contributed by atoms with Crippen molar-refractivity contribution in [2.45, 2.75) is 0 Å². The van der Waals surface area contributed by atoms with E-state index in [1.807, 2.05) is 64.6 Å². The number of aromatic nitrogens is 4. The Morgan fingerprint density at radius 2 is 1.85 bits per heavy atom. The van der Waals surface area contributed by atoms with Gasteiger partial charge in [-0.1, -0.05) is 18.2 Å². The zero-order valence-corrected chi connectivity index (χ0v) is 20.2. The van der Waals surface area contributed by atoms with Gasteiger partial charge in [-0.2, -0.15) is 5.10 Å². The maximum Gasteiger partial charge on any atom is 0.228 e. The highest BCUT2D eigenvalue weighted by molar-refractivity contribution is 5.95.